The maximum absolute atomic E-state index is 13.6. The first-order chi connectivity index (χ1) is 15.3. The van der Waals surface area contributed by atoms with Gasteiger partial charge in [0, 0.05) is 13.1 Å². The summed E-state index contributed by atoms with van der Waals surface area (Å²) in [7, 11) is 3.93. The number of rotatable bonds is 7. The summed E-state index contributed by atoms with van der Waals surface area (Å²) in [6.07, 6.45) is 0.888. The Morgan fingerprint density at radius 1 is 1.09 bits per heavy atom. The molecular weight excluding hydrogens is 404 g/mol. The largest absolute Gasteiger partial charge is 0.491 e. The molecule has 168 valence electrons. The lowest BCUT2D eigenvalue weighted by Crippen LogP contribution is -2.35. The molecule has 6 heteroatoms. The maximum atomic E-state index is 13.6. The van der Waals surface area contributed by atoms with Gasteiger partial charge in [-0.2, -0.15) is 0 Å². The molecule has 32 heavy (non-hydrogen) atoms. The molecule has 0 saturated heterocycles. The number of carbonyl (C=O) groups excluding carboxylic acids is 1. The fraction of sp³-hybridized carbons (Fsp3) is 0.385. The first-order valence-electron chi connectivity index (χ1n) is 11.1. The first kappa shape index (κ1) is 22.1. The van der Waals surface area contributed by atoms with Crippen molar-refractivity contribution in [3.8, 4) is 5.75 Å². The molecule has 1 aliphatic heterocycles. The zero-order chi connectivity index (χ0) is 23.0. The Morgan fingerprint density at radius 3 is 2.44 bits per heavy atom. The summed E-state index contributed by atoms with van der Waals surface area (Å²) in [5, 5.41) is 0.523. The minimum Gasteiger partial charge on any atom is -0.491 e. The third-order valence-corrected chi connectivity index (χ3v) is 5.79. The summed E-state index contributed by atoms with van der Waals surface area (Å²) in [6, 6.07) is 12.8. The number of aryl methyl sites for hydroxylation is 1. The number of ether oxygens (including phenoxy) is 1. The highest BCUT2D eigenvalue weighted by Crippen LogP contribution is 2.38. The Bertz CT molecular complexity index is 1190. The van der Waals surface area contributed by atoms with Crippen LogP contribution < -0.4 is 10.2 Å². The van der Waals surface area contributed by atoms with Crippen molar-refractivity contribution < 1.29 is 13.9 Å². The average Bonchev–Trinajstić information content (AvgIpc) is 3.04. The summed E-state index contributed by atoms with van der Waals surface area (Å²) in [5.41, 5.74) is 2.67. The number of nitrogens with zero attached hydrogens (tertiary/aromatic N) is 2. The minimum atomic E-state index is -0.489. The van der Waals surface area contributed by atoms with E-state index in [4.69, 9.17) is 9.15 Å². The number of likely N-dealkylation sites (N-methyl/N-ethyl adjacent to an activating group) is 1. The lowest BCUT2D eigenvalue weighted by molar-refractivity contribution is 0.0716. The molecular formula is C26H30N2O4. The highest BCUT2D eigenvalue weighted by Gasteiger charge is 2.42. The van der Waals surface area contributed by atoms with Gasteiger partial charge in [0.15, 0.2) is 5.43 Å². The van der Waals surface area contributed by atoms with E-state index in [1.54, 1.807) is 11.0 Å². The predicted octanol–water partition coefficient (Wildman–Crippen LogP) is 4.25. The Kier molecular flexibility index (Phi) is 6.07. The van der Waals surface area contributed by atoms with Crippen LogP contribution >= 0.6 is 0 Å². The van der Waals surface area contributed by atoms with Crippen LogP contribution in [0.15, 0.2) is 51.7 Å². The van der Waals surface area contributed by atoms with E-state index in [9.17, 15) is 9.59 Å². The van der Waals surface area contributed by atoms with Gasteiger partial charge < -0.3 is 19.0 Å². The number of benzene rings is 2. The summed E-state index contributed by atoms with van der Waals surface area (Å²) in [6.45, 7) is 7.17. The second kappa shape index (κ2) is 8.79. The fourth-order valence-corrected chi connectivity index (χ4v) is 4.17. The fourth-order valence-electron chi connectivity index (χ4n) is 4.17. The third kappa shape index (κ3) is 4.02. The zero-order valence-electron chi connectivity index (χ0n) is 19.3. The van der Waals surface area contributed by atoms with Crippen molar-refractivity contribution in [1.29, 1.82) is 0 Å². The van der Waals surface area contributed by atoms with E-state index in [1.165, 1.54) is 0 Å². The minimum absolute atomic E-state index is 0.0670. The SMILES string of the molecule is CCc1ccc2oc3c(c(=O)c2c1)C(c1ccc(OC(C)C)cc1)N(CCN(C)C)C3=O. The third-order valence-electron chi connectivity index (χ3n) is 5.79. The highest BCUT2D eigenvalue weighted by atomic mass is 16.5. The van der Waals surface area contributed by atoms with Gasteiger partial charge in [-0.3, -0.25) is 9.59 Å². The Hall–Kier alpha value is -3.12. The summed E-state index contributed by atoms with van der Waals surface area (Å²) in [4.78, 5) is 30.8. The van der Waals surface area contributed by atoms with E-state index in [-0.39, 0.29) is 23.2 Å². The van der Waals surface area contributed by atoms with Crippen molar-refractivity contribution >= 4 is 16.9 Å². The molecule has 1 atom stereocenters. The van der Waals surface area contributed by atoms with Gasteiger partial charge >= 0.3 is 0 Å². The van der Waals surface area contributed by atoms with Crippen LogP contribution in [0.5, 0.6) is 5.75 Å². The molecule has 1 aliphatic rings. The first-order valence-corrected chi connectivity index (χ1v) is 11.1. The summed E-state index contributed by atoms with van der Waals surface area (Å²) < 4.78 is 11.8. The van der Waals surface area contributed by atoms with Crippen LogP contribution in [0.3, 0.4) is 0 Å². The van der Waals surface area contributed by atoms with Crippen molar-refractivity contribution in [3.05, 3.63) is 75.1 Å². The van der Waals surface area contributed by atoms with Crippen molar-refractivity contribution in [1.82, 2.24) is 9.80 Å². The molecule has 1 aromatic heterocycles. The van der Waals surface area contributed by atoms with Crippen molar-refractivity contribution in [2.24, 2.45) is 0 Å². The molecule has 1 unspecified atom stereocenters. The van der Waals surface area contributed by atoms with Crippen LogP contribution in [-0.2, 0) is 6.42 Å². The van der Waals surface area contributed by atoms with Crippen LogP contribution in [0.4, 0.5) is 0 Å². The number of fused-ring (bicyclic) bond motifs is 2. The topological polar surface area (TPSA) is 63.0 Å². The normalized spacial score (nSPS) is 15.8. The van der Waals surface area contributed by atoms with Gasteiger partial charge in [0.1, 0.15) is 11.3 Å². The van der Waals surface area contributed by atoms with Gasteiger partial charge in [0.05, 0.1) is 23.1 Å². The van der Waals surface area contributed by atoms with Gasteiger partial charge in [0.25, 0.3) is 5.91 Å². The van der Waals surface area contributed by atoms with E-state index in [0.29, 0.717) is 29.6 Å². The van der Waals surface area contributed by atoms with E-state index < -0.39 is 6.04 Å². The lowest BCUT2D eigenvalue weighted by atomic mass is 9.98. The summed E-state index contributed by atoms with van der Waals surface area (Å²) >= 11 is 0. The van der Waals surface area contributed by atoms with E-state index in [1.807, 2.05) is 76.2 Å². The highest BCUT2D eigenvalue weighted by molar-refractivity contribution is 5.99. The predicted molar refractivity (Wildman–Crippen MR) is 126 cm³/mol. The molecule has 4 rings (SSSR count). The van der Waals surface area contributed by atoms with Crippen molar-refractivity contribution in [2.45, 2.75) is 39.3 Å². The van der Waals surface area contributed by atoms with E-state index >= 15 is 0 Å². The average molecular weight is 435 g/mol. The van der Waals surface area contributed by atoms with Crippen molar-refractivity contribution in [2.75, 3.05) is 27.2 Å². The molecule has 6 nitrogen and oxygen atoms in total. The van der Waals surface area contributed by atoms with Crippen LogP contribution in [0, 0.1) is 0 Å². The van der Waals surface area contributed by atoms with Gasteiger partial charge in [-0.25, -0.2) is 0 Å². The lowest BCUT2D eigenvalue weighted by Gasteiger charge is -2.26. The van der Waals surface area contributed by atoms with Crippen molar-refractivity contribution in [3.63, 3.8) is 0 Å². The van der Waals surface area contributed by atoms with Gasteiger partial charge in [-0.15, -0.1) is 0 Å². The summed E-state index contributed by atoms with van der Waals surface area (Å²) in [5.74, 6) is 0.664. The molecule has 0 aliphatic carbocycles. The van der Waals surface area contributed by atoms with Gasteiger partial charge in [0.2, 0.25) is 5.76 Å². The molecule has 0 N–H and O–H groups in total. The molecule has 0 bridgehead atoms. The van der Waals surface area contributed by atoms with Crippen LogP contribution in [0.25, 0.3) is 11.0 Å². The molecule has 3 aromatic rings. The van der Waals surface area contributed by atoms with Gasteiger partial charge in [-0.1, -0.05) is 25.1 Å². The second-order valence-corrected chi connectivity index (χ2v) is 8.80. The molecule has 0 radical (unpaired) electrons. The van der Waals surface area contributed by atoms with E-state index in [0.717, 1.165) is 23.3 Å². The Labute approximate surface area is 188 Å². The molecule has 0 saturated carbocycles. The van der Waals surface area contributed by atoms with Crippen LogP contribution in [0.1, 0.15) is 54.1 Å². The van der Waals surface area contributed by atoms with Crippen LogP contribution in [-0.4, -0.2) is 49.0 Å². The zero-order valence-corrected chi connectivity index (χ0v) is 19.3. The number of hydrogen-bond acceptors (Lipinski definition) is 5. The standard InChI is InChI=1S/C26H30N2O4/c1-6-17-7-12-21-20(15-17)24(29)22-23(18-8-10-19(11-9-18)31-16(2)3)28(14-13-27(4)5)26(30)25(22)32-21/h7-12,15-16,23H,6,13-14H2,1-5H3. The molecule has 1 amide bonds. The Balaban J connectivity index is 1.86. The number of hydrogen-bond donors (Lipinski definition) is 0. The number of amides is 1. The second-order valence-electron chi connectivity index (χ2n) is 8.80. The molecule has 0 fully saturated rings. The number of carbonyl (C=O) groups is 1. The molecule has 2 aromatic carbocycles. The van der Waals surface area contributed by atoms with Gasteiger partial charge in [-0.05, 0) is 69.8 Å². The van der Waals surface area contributed by atoms with Crippen LogP contribution in [0.2, 0.25) is 0 Å². The molecule has 2 heterocycles. The quantitative estimate of drug-likeness (QED) is 0.556. The monoisotopic (exact) mass is 434 g/mol. The van der Waals surface area contributed by atoms with E-state index in [2.05, 4.69) is 0 Å². The smallest absolute Gasteiger partial charge is 0.290 e. The Morgan fingerprint density at radius 2 is 1.81 bits per heavy atom. The maximum Gasteiger partial charge on any atom is 0.290 e. The molecule has 0 spiro atoms.